The van der Waals surface area contributed by atoms with E-state index in [1.165, 1.54) is 139 Å². The molecule has 2 fully saturated rings. The topological polar surface area (TPSA) is 0 Å². The van der Waals surface area contributed by atoms with E-state index >= 15 is 0 Å². The number of rotatable bonds is 4. The average molecular weight is 837 g/mol. The molecule has 8 aromatic carbocycles. The summed E-state index contributed by atoms with van der Waals surface area (Å²) < 4.78 is 0. The molecule has 2 aliphatic carbocycles. The van der Waals surface area contributed by atoms with Crippen molar-refractivity contribution in [2.45, 2.75) is 55.3 Å². The minimum absolute atomic E-state index is 0.402. The first-order valence-electron chi connectivity index (χ1n) is 23.5. The summed E-state index contributed by atoms with van der Waals surface area (Å²) in [7, 11) is -3.23. The van der Waals surface area contributed by atoms with Crippen LogP contribution in [0.3, 0.4) is 0 Å². The summed E-state index contributed by atoms with van der Waals surface area (Å²) >= 11 is 0. The fourth-order valence-electron chi connectivity index (χ4n) is 14.0. The third-order valence-corrected chi connectivity index (χ3v) is 27.3. The fraction of sp³-hybridized carbons (Fsp3) is 0.148. The zero-order chi connectivity index (χ0) is 41.3. The second kappa shape index (κ2) is 13.3. The van der Waals surface area contributed by atoms with Crippen LogP contribution in [0.2, 0.25) is 24.2 Å². The van der Waals surface area contributed by atoms with Crippen LogP contribution in [0.25, 0.3) is 68.8 Å². The normalized spacial score (nSPS) is 17.9. The maximum atomic E-state index is 2.51. The molecule has 0 aromatic heterocycles. The maximum Gasteiger partial charge on any atom is 0.119 e. The van der Waals surface area contributed by atoms with Crippen LogP contribution in [0, 0.1) is 0 Å². The Hall–Kier alpha value is -6.33. The van der Waals surface area contributed by atoms with Crippen molar-refractivity contribution in [3.63, 3.8) is 0 Å². The van der Waals surface area contributed by atoms with Gasteiger partial charge in [0.1, 0.15) is 16.1 Å². The van der Waals surface area contributed by atoms with Crippen LogP contribution in [0.15, 0.2) is 170 Å². The summed E-state index contributed by atoms with van der Waals surface area (Å²) in [5.41, 5.74) is 21.6. The van der Waals surface area contributed by atoms with E-state index < -0.39 is 21.6 Å². The highest BCUT2D eigenvalue weighted by Crippen LogP contribution is 2.63. The quantitative estimate of drug-likeness (QED) is 0.122. The van der Waals surface area contributed by atoms with E-state index in [0.29, 0.717) is 0 Å². The molecule has 0 nitrogen and oxygen atoms in total. The molecule has 2 heteroatoms. The van der Waals surface area contributed by atoms with Gasteiger partial charge < -0.3 is 0 Å². The minimum atomic E-state index is -1.62. The highest BCUT2D eigenvalue weighted by molar-refractivity contribution is 7.06. The summed E-state index contributed by atoms with van der Waals surface area (Å²) in [4.78, 5) is 0. The van der Waals surface area contributed by atoms with Crippen LogP contribution in [-0.4, -0.2) is 16.1 Å². The van der Waals surface area contributed by atoms with Gasteiger partial charge >= 0.3 is 0 Å². The van der Waals surface area contributed by atoms with Gasteiger partial charge in [-0.2, -0.15) is 0 Å². The van der Waals surface area contributed by atoms with Gasteiger partial charge in [0.05, 0.1) is 5.41 Å². The number of hydrogen-bond acceptors (Lipinski definition) is 0. The molecule has 2 saturated heterocycles. The highest BCUT2D eigenvalue weighted by Gasteiger charge is 2.52. The first-order valence-corrected chi connectivity index (χ1v) is 28.3. The molecule has 0 radical (unpaired) electrons. The number of benzene rings is 8. The van der Waals surface area contributed by atoms with E-state index in [-0.39, 0.29) is 0 Å². The molecule has 0 unspecified atom stereocenters. The number of hydrogen-bond donors (Lipinski definition) is 0. The van der Waals surface area contributed by atoms with E-state index in [1.54, 1.807) is 20.7 Å². The van der Waals surface area contributed by atoms with Gasteiger partial charge in [0, 0.05) is 0 Å². The van der Waals surface area contributed by atoms with Crippen LogP contribution in [0.1, 0.15) is 70.2 Å². The molecule has 6 aliphatic rings. The third kappa shape index (κ3) is 4.86. The summed E-state index contributed by atoms with van der Waals surface area (Å²) in [6.45, 7) is 0. The lowest BCUT2D eigenvalue weighted by Gasteiger charge is -2.30. The molecule has 63 heavy (non-hydrogen) atoms. The van der Waals surface area contributed by atoms with Crippen molar-refractivity contribution in [2.24, 2.45) is 0 Å². The van der Waals surface area contributed by atoms with Gasteiger partial charge in [-0.05, 0) is 158 Å². The van der Waals surface area contributed by atoms with Crippen molar-refractivity contribution in [1.29, 1.82) is 0 Å². The van der Waals surface area contributed by atoms with Crippen molar-refractivity contribution in [3.05, 3.63) is 214 Å². The predicted octanol–water partition coefficient (Wildman–Crippen LogP) is 13.0. The van der Waals surface area contributed by atoms with E-state index in [9.17, 15) is 0 Å². The Balaban J connectivity index is 0.866. The van der Waals surface area contributed by atoms with E-state index in [0.717, 1.165) is 0 Å². The van der Waals surface area contributed by atoms with Crippen molar-refractivity contribution < 1.29 is 0 Å². The van der Waals surface area contributed by atoms with Crippen molar-refractivity contribution in [2.75, 3.05) is 0 Å². The second-order valence-electron chi connectivity index (χ2n) is 19.4. The molecule has 8 aromatic rings. The van der Waals surface area contributed by atoms with E-state index in [1.807, 2.05) is 0 Å². The van der Waals surface area contributed by atoms with Crippen molar-refractivity contribution in [3.8, 4) is 44.5 Å². The fourth-order valence-corrected chi connectivity index (χ4v) is 25.2. The predicted molar refractivity (Wildman–Crippen MR) is 272 cm³/mol. The van der Waals surface area contributed by atoms with Crippen LogP contribution in [0.4, 0.5) is 0 Å². The van der Waals surface area contributed by atoms with Gasteiger partial charge in [0.25, 0.3) is 0 Å². The Labute approximate surface area is 373 Å². The SMILES string of the molecule is C(=C\c1ccc2c(c1)C1(c3ccccc3-c3ccccc31)c1cc(/C=C/c3ccc4c(c3)-c3ccccc3[Si]43CCCC3)ccc1-2)/c1ccc2c(c1)-c1ccccc1[Si]21CCCC1. The van der Waals surface area contributed by atoms with Crippen molar-refractivity contribution in [1.82, 2.24) is 0 Å². The Bertz CT molecular complexity index is 3090. The monoisotopic (exact) mass is 836 g/mol. The lowest BCUT2D eigenvalue weighted by molar-refractivity contribution is 0.793. The summed E-state index contributed by atoms with van der Waals surface area (Å²) in [5, 5.41) is 6.73. The molecule has 14 rings (SSSR count). The number of fused-ring (bicyclic) bond motifs is 20. The van der Waals surface area contributed by atoms with E-state index in [4.69, 9.17) is 0 Å². The molecule has 3 spiro atoms. The Kier molecular flexibility index (Phi) is 7.66. The molecular weight excluding hydrogens is 789 g/mol. The summed E-state index contributed by atoms with van der Waals surface area (Å²) in [5.74, 6) is 0. The molecule has 4 aliphatic heterocycles. The third-order valence-electron chi connectivity index (χ3n) is 16.6. The van der Waals surface area contributed by atoms with Crippen LogP contribution in [-0.2, 0) is 5.41 Å². The molecule has 0 atom stereocenters. The maximum absolute atomic E-state index is 2.51. The van der Waals surface area contributed by atoms with Gasteiger partial charge in [-0.15, -0.1) is 0 Å². The summed E-state index contributed by atoms with van der Waals surface area (Å²) in [6, 6.07) is 72.0. The van der Waals surface area contributed by atoms with Crippen LogP contribution >= 0.6 is 0 Å². The van der Waals surface area contributed by atoms with Crippen LogP contribution < -0.4 is 20.7 Å². The average Bonchev–Trinajstić information content (AvgIpc) is 4.21. The van der Waals surface area contributed by atoms with Gasteiger partial charge in [-0.3, -0.25) is 0 Å². The van der Waals surface area contributed by atoms with Crippen LogP contribution in [0.5, 0.6) is 0 Å². The molecule has 300 valence electrons. The van der Waals surface area contributed by atoms with Gasteiger partial charge in [0.15, 0.2) is 0 Å². The van der Waals surface area contributed by atoms with Gasteiger partial charge in [-0.25, -0.2) is 0 Å². The first kappa shape index (κ1) is 36.2. The van der Waals surface area contributed by atoms with Gasteiger partial charge in [0.2, 0.25) is 0 Å². The minimum Gasteiger partial charge on any atom is -0.0623 e. The standard InChI is InChI=1S/C61H48Si2/c1-5-17-53-45(13-1)46-14-2-6-18-54(46)61(53)55-39-43(23-21-41-27-31-59-51(37-41)49-15-3-7-19-57(49)62(59)33-9-10-34-62)25-29-47(55)48-30-26-44(40-56(48)61)24-22-42-28-32-60-52(38-42)50-16-4-8-20-58(50)63(60)35-11-12-36-63/h1-8,13-32,37-40H,9-12,33-36H2/b23-21+,24-22+. The molecule has 4 heterocycles. The Morgan fingerprint density at radius 2 is 0.619 bits per heavy atom. The smallest absolute Gasteiger partial charge is 0.0623 e. The molecule has 0 N–H and O–H groups in total. The zero-order valence-corrected chi connectivity index (χ0v) is 37.6. The Morgan fingerprint density at radius 3 is 1.06 bits per heavy atom. The van der Waals surface area contributed by atoms with Crippen molar-refractivity contribution >= 4 is 61.2 Å². The lowest BCUT2D eigenvalue weighted by Crippen LogP contribution is -2.52. The first-order chi connectivity index (χ1) is 31.2. The Morgan fingerprint density at radius 1 is 0.286 bits per heavy atom. The molecule has 0 amide bonds. The molecule has 0 saturated carbocycles. The largest absolute Gasteiger partial charge is 0.119 e. The van der Waals surface area contributed by atoms with E-state index in [2.05, 4.69) is 194 Å². The molecular formula is C61H48Si2. The summed E-state index contributed by atoms with van der Waals surface area (Å²) in [6.07, 6.45) is 14.9. The second-order valence-corrected chi connectivity index (χ2v) is 27.9. The van der Waals surface area contributed by atoms with Gasteiger partial charge in [-0.1, -0.05) is 196 Å². The highest BCUT2D eigenvalue weighted by atomic mass is 28.3. The lowest BCUT2D eigenvalue weighted by atomic mass is 9.70. The molecule has 0 bridgehead atoms. The zero-order valence-electron chi connectivity index (χ0n) is 35.6.